The van der Waals surface area contributed by atoms with Gasteiger partial charge in [0.05, 0.1) is 5.75 Å². The van der Waals surface area contributed by atoms with Gasteiger partial charge in [-0.15, -0.1) is 0 Å². The zero-order valence-corrected chi connectivity index (χ0v) is 12.3. The normalized spacial score (nSPS) is 18.9. The van der Waals surface area contributed by atoms with Crippen LogP contribution in [0.2, 0.25) is 0 Å². The largest absolute Gasteiger partial charge is 0.772 e. The first-order valence-corrected chi connectivity index (χ1v) is 8.60. The molecule has 0 aliphatic heterocycles. The Labute approximate surface area is 103 Å². The van der Waals surface area contributed by atoms with Crippen molar-refractivity contribution in [3.05, 3.63) is 0 Å². The van der Waals surface area contributed by atoms with Crippen molar-refractivity contribution in [2.75, 3.05) is 11.5 Å². The molecule has 4 nitrogen and oxygen atoms in total. The monoisotopic (exact) mass is 369 g/mol. The molecule has 14 heavy (non-hydrogen) atoms. The van der Waals surface area contributed by atoms with Gasteiger partial charge in [-0.3, -0.25) is 4.21 Å². The quantitative estimate of drug-likeness (QED) is 0.519. The molecule has 0 spiro atoms. The topological polar surface area (TPSA) is 74.3 Å². The van der Waals surface area contributed by atoms with Crippen LogP contribution in [-0.4, -0.2) is 37.7 Å². The van der Waals surface area contributed by atoms with Crippen molar-refractivity contribution in [1.29, 1.82) is 0 Å². The van der Waals surface area contributed by atoms with E-state index in [0.29, 0.717) is 0 Å². The van der Waals surface area contributed by atoms with Crippen LogP contribution in [0.5, 0.6) is 0 Å². The minimum absolute atomic E-state index is 0.00555. The predicted octanol–water partition coefficient (Wildman–Crippen LogP) is 1.17. The predicted molar refractivity (Wildman–Crippen MR) is 63.3 cm³/mol. The summed E-state index contributed by atoms with van der Waals surface area (Å²) in [5.41, 5.74) is 0. The summed E-state index contributed by atoms with van der Waals surface area (Å²) in [6.45, 7) is 1.73. The van der Waals surface area contributed by atoms with E-state index in [-0.39, 0.29) is 22.8 Å². The molecule has 0 aromatic carbocycles. The Morgan fingerprint density at radius 3 is 2.29 bits per heavy atom. The summed E-state index contributed by atoms with van der Waals surface area (Å²) in [5, 5.41) is 0. The number of halogens is 2. The van der Waals surface area contributed by atoms with Crippen molar-refractivity contribution >= 4 is 52.8 Å². The van der Waals surface area contributed by atoms with Gasteiger partial charge in [0, 0.05) is 10.6 Å². The molecule has 0 bridgehead atoms. The van der Waals surface area contributed by atoms with Crippen LogP contribution in [-0.2, 0) is 20.9 Å². The smallest absolute Gasteiger partial charge is 0.164 e. The van der Waals surface area contributed by atoms with Crippen LogP contribution in [0.1, 0.15) is 13.3 Å². The van der Waals surface area contributed by atoms with Crippen LogP contribution in [0.15, 0.2) is 0 Å². The summed E-state index contributed by atoms with van der Waals surface area (Å²) < 4.78 is 42.6. The second-order valence-electron chi connectivity index (χ2n) is 2.82. The number of alkyl halides is 2. The van der Waals surface area contributed by atoms with Crippen LogP contribution in [0.4, 0.5) is 0 Å². The van der Waals surface area contributed by atoms with Gasteiger partial charge in [0.25, 0.3) is 0 Å². The highest BCUT2D eigenvalue weighted by Gasteiger charge is 2.23. The van der Waals surface area contributed by atoms with E-state index in [1.807, 2.05) is 0 Å². The van der Waals surface area contributed by atoms with Crippen molar-refractivity contribution in [2.45, 2.75) is 22.3 Å². The minimum Gasteiger partial charge on any atom is -0.772 e. The lowest BCUT2D eigenvalue weighted by Crippen LogP contribution is -2.24. The highest BCUT2D eigenvalue weighted by molar-refractivity contribution is 9.11. The van der Waals surface area contributed by atoms with E-state index in [4.69, 9.17) is 0 Å². The summed E-state index contributed by atoms with van der Waals surface area (Å²) in [4.78, 5) is -0.134. The van der Waals surface area contributed by atoms with E-state index in [1.165, 1.54) is 0 Å². The first kappa shape index (κ1) is 15.0. The van der Waals surface area contributed by atoms with Gasteiger partial charge in [0.1, 0.15) is 4.16 Å². The van der Waals surface area contributed by atoms with Gasteiger partial charge in [0.2, 0.25) is 0 Å². The van der Waals surface area contributed by atoms with Crippen LogP contribution in [0.25, 0.3) is 0 Å². The molecule has 86 valence electrons. The maximum atomic E-state index is 11.5. The molecule has 8 heteroatoms. The standard InChI is InChI=1S/C6H12Br2O4S2/c1-5(7)4-14(11,12)6(8)2-3-13(9)10/h5-6H,2-4H2,1H3,(H,9,10)/p-1. The van der Waals surface area contributed by atoms with Crippen LogP contribution in [0.3, 0.4) is 0 Å². The molecular weight excluding hydrogens is 360 g/mol. The van der Waals surface area contributed by atoms with Crippen LogP contribution in [0, 0.1) is 0 Å². The van der Waals surface area contributed by atoms with E-state index in [1.54, 1.807) is 6.92 Å². The Kier molecular flexibility index (Phi) is 7.05. The summed E-state index contributed by atoms with van der Waals surface area (Å²) in [7, 11) is -3.26. The molecule has 3 atom stereocenters. The minimum atomic E-state index is -3.26. The molecule has 0 saturated heterocycles. The van der Waals surface area contributed by atoms with Crippen molar-refractivity contribution < 1.29 is 17.2 Å². The van der Waals surface area contributed by atoms with E-state index in [2.05, 4.69) is 31.9 Å². The third kappa shape index (κ3) is 6.49. The number of rotatable bonds is 6. The summed E-state index contributed by atoms with van der Waals surface area (Å²) in [6, 6.07) is 0. The molecular formula is C6H11Br2O4S2-. The second-order valence-corrected chi connectivity index (χ2v) is 9.34. The second kappa shape index (κ2) is 6.57. The van der Waals surface area contributed by atoms with Gasteiger partial charge < -0.3 is 4.55 Å². The Morgan fingerprint density at radius 1 is 1.43 bits per heavy atom. The zero-order chi connectivity index (χ0) is 11.4. The molecule has 0 N–H and O–H groups in total. The SMILES string of the molecule is CC(Br)CS(=O)(=O)C(Br)CCS(=O)[O-]. The first-order chi connectivity index (χ1) is 6.25. The third-order valence-corrected chi connectivity index (χ3v) is 6.83. The fourth-order valence-electron chi connectivity index (χ4n) is 0.793. The summed E-state index contributed by atoms with van der Waals surface area (Å²) in [5.74, 6) is -0.153. The average molecular weight is 371 g/mol. The van der Waals surface area contributed by atoms with Crippen molar-refractivity contribution in [1.82, 2.24) is 0 Å². The average Bonchev–Trinajstić information content (AvgIpc) is 1.97. The van der Waals surface area contributed by atoms with Crippen molar-refractivity contribution in [3.8, 4) is 0 Å². The van der Waals surface area contributed by atoms with Crippen LogP contribution >= 0.6 is 31.9 Å². The summed E-state index contributed by atoms with van der Waals surface area (Å²) in [6.07, 6.45) is 0.0815. The Balaban J connectivity index is 4.22. The first-order valence-electron chi connectivity index (χ1n) is 3.81. The highest BCUT2D eigenvalue weighted by atomic mass is 79.9. The molecule has 0 fully saturated rings. The lowest BCUT2D eigenvalue weighted by atomic mass is 10.6. The third-order valence-electron chi connectivity index (χ3n) is 1.36. The zero-order valence-electron chi connectivity index (χ0n) is 7.48. The Hall–Kier alpha value is 1.02. The molecule has 0 aromatic heterocycles. The highest BCUT2D eigenvalue weighted by Crippen LogP contribution is 2.17. The van der Waals surface area contributed by atoms with E-state index >= 15 is 0 Å². The van der Waals surface area contributed by atoms with E-state index in [0.717, 1.165) is 0 Å². The number of hydrogen-bond acceptors (Lipinski definition) is 4. The lowest BCUT2D eigenvalue weighted by molar-refractivity contribution is 0.535. The molecule has 0 amide bonds. The fraction of sp³-hybridized carbons (Fsp3) is 1.00. The van der Waals surface area contributed by atoms with Gasteiger partial charge in [-0.05, 0) is 6.42 Å². The van der Waals surface area contributed by atoms with Gasteiger partial charge >= 0.3 is 0 Å². The maximum Gasteiger partial charge on any atom is 0.164 e. The molecule has 0 heterocycles. The molecule has 3 unspecified atom stereocenters. The maximum absolute atomic E-state index is 11.5. The number of sulfone groups is 1. The molecule has 0 aromatic rings. The van der Waals surface area contributed by atoms with Gasteiger partial charge in [-0.1, -0.05) is 49.9 Å². The molecule has 0 radical (unpaired) electrons. The van der Waals surface area contributed by atoms with Gasteiger partial charge in [-0.25, -0.2) is 8.42 Å². The molecule has 0 saturated carbocycles. The lowest BCUT2D eigenvalue weighted by Gasteiger charge is -2.13. The van der Waals surface area contributed by atoms with Gasteiger partial charge in [0.15, 0.2) is 9.84 Å². The summed E-state index contributed by atoms with van der Waals surface area (Å²) >= 11 is 3.92. The Morgan fingerprint density at radius 2 is 1.93 bits per heavy atom. The van der Waals surface area contributed by atoms with Gasteiger partial charge in [-0.2, -0.15) is 0 Å². The Bertz CT molecular complexity index is 288. The number of hydrogen-bond donors (Lipinski definition) is 0. The van der Waals surface area contributed by atoms with E-state index < -0.39 is 25.1 Å². The fourth-order valence-corrected chi connectivity index (χ4v) is 4.79. The molecule has 0 rings (SSSR count). The molecule has 0 aliphatic rings. The van der Waals surface area contributed by atoms with E-state index in [9.17, 15) is 17.2 Å². The van der Waals surface area contributed by atoms with Crippen molar-refractivity contribution in [2.24, 2.45) is 0 Å². The van der Waals surface area contributed by atoms with Crippen molar-refractivity contribution in [3.63, 3.8) is 0 Å². The molecule has 0 aliphatic carbocycles. The van der Waals surface area contributed by atoms with Crippen LogP contribution < -0.4 is 0 Å².